The van der Waals surface area contributed by atoms with E-state index in [0.717, 1.165) is 0 Å². The molecular formula is C22H40O8Ti. The van der Waals surface area contributed by atoms with Gasteiger partial charge in [0, 0.05) is 12.8 Å². The second-order valence-corrected chi connectivity index (χ2v) is 8.41. The number of carboxylic acids is 2. The third kappa shape index (κ3) is 21.9. The van der Waals surface area contributed by atoms with Crippen LogP contribution in [0.5, 0.6) is 0 Å². The van der Waals surface area contributed by atoms with Crippen LogP contribution in [0.2, 0.25) is 0 Å². The summed E-state index contributed by atoms with van der Waals surface area (Å²) in [5, 5.41) is 20.6. The molecule has 9 heteroatoms. The fourth-order valence-electron chi connectivity index (χ4n) is 2.11. The van der Waals surface area contributed by atoms with Crippen molar-refractivity contribution in [1.29, 1.82) is 0 Å². The van der Waals surface area contributed by atoms with Crippen molar-refractivity contribution in [2.45, 2.75) is 106 Å². The Balaban J connectivity index is -0.000000382. The minimum atomic E-state index is -1.24. The van der Waals surface area contributed by atoms with Gasteiger partial charge in [0.25, 0.3) is 0 Å². The van der Waals surface area contributed by atoms with Crippen LogP contribution < -0.4 is 10.2 Å². The third-order valence-corrected chi connectivity index (χ3v) is 5.50. The van der Waals surface area contributed by atoms with Gasteiger partial charge in [-0.25, -0.2) is 0 Å². The van der Waals surface area contributed by atoms with E-state index in [2.05, 4.69) is 0 Å². The predicted octanol–water partition coefficient (Wildman–Crippen LogP) is 2.01. The van der Waals surface area contributed by atoms with Gasteiger partial charge in [0.15, 0.2) is 0 Å². The van der Waals surface area contributed by atoms with Crippen molar-refractivity contribution in [2.75, 3.05) is 0 Å². The van der Waals surface area contributed by atoms with Crippen LogP contribution in [-0.2, 0) is 45.7 Å². The SMILES string of the molecule is CC(C)[O][Ti+2][O]C(C)C.CCCC(=O)C(CC)C(=O)[O-].CCCC(=O)C(CC)C(=O)[O-]. The van der Waals surface area contributed by atoms with E-state index in [1.165, 1.54) is 0 Å². The molecule has 0 aliphatic carbocycles. The Morgan fingerprint density at radius 3 is 1.13 bits per heavy atom. The van der Waals surface area contributed by atoms with Crippen LogP contribution in [0, 0.1) is 11.8 Å². The van der Waals surface area contributed by atoms with Gasteiger partial charge >= 0.3 is 66.5 Å². The van der Waals surface area contributed by atoms with Gasteiger partial charge in [0.05, 0.1) is 23.8 Å². The standard InChI is InChI=1S/2C8H14O3.2C3H7O.Ti/c2*1-3-5-7(9)6(4-2)8(10)11;2*1-3(2)4;/h2*6H,3-5H2,1-2H3,(H,10,11);2*3H,1-2H3;/q;;2*-1;+4/p-2. The molecule has 0 aliphatic rings. The number of hydrogen-bond donors (Lipinski definition) is 0. The second-order valence-electron chi connectivity index (χ2n) is 7.41. The molecular weight excluding hydrogens is 440 g/mol. The molecule has 0 bridgehead atoms. The summed E-state index contributed by atoms with van der Waals surface area (Å²) in [4.78, 5) is 42.6. The van der Waals surface area contributed by atoms with Gasteiger partial charge < -0.3 is 19.8 Å². The number of hydrogen-bond acceptors (Lipinski definition) is 8. The van der Waals surface area contributed by atoms with Crippen LogP contribution in [0.15, 0.2) is 0 Å². The number of carbonyl (C=O) groups excluding carboxylic acids is 4. The van der Waals surface area contributed by atoms with Crippen LogP contribution >= 0.6 is 0 Å². The quantitative estimate of drug-likeness (QED) is 0.272. The minimum absolute atomic E-state index is 0.213. The van der Waals surface area contributed by atoms with Crippen LogP contribution in [0.4, 0.5) is 0 Å². The first-order valence-electron chi connectivity index (χ1n) is 10.9. The zero-order valence-electron chi connectivity index (χ0n) is 20.3. The Kier molecular flexibility index (Phi) is 24.6. The van der Waals surface area contributed by atoms with Gasteiger partial charge in [0.2, 0.25) is 0 Å². The van der Waals surface area contributed by atoms with Crippen LogP contribution in [-0.4, -0.2) is 35.7 Å². The smallest absolute Gasteiger partial charge is 0.141 e. The van der Waals surface area contributed by atoms with Crippen LogP contribution in [0.1, 0.15) is 93.9 Å². The molecule has 0 aromatic rings. The van der Waals surface area contributed by atoms with Gasteiger partial charge in [-0.1, -0.05) is 27.7 Å². The molecule has 8 nitrogen and oxygen atoms in total. The van der Waals surface area contributed by atoms with Gasteiger partial charge in [-0.3, -0.25) is 9.59 Å². The monoisotopic (exact) mass is 480 g/mol. The Morgan fingerprint density at radius 2 is 0.968 bits per heavy atom. The zero-order chi connectivity index (χ0) is 25.0. The number of carbonyl (C=O) groups is 4. The van der Waals surface area contributed by atoms with Crippen molar-refractivity contribution in [3.8, 4) is 0 Å². The van der Waals surface area contributed by atoms with E-state index in [9.17, 15) is 29.4 Å². The van der Waals surface area contributed by atoms with Crippen molar-refractivity contribution in [1.82, 2.24) is 0 Å². The van der Waals surface area contributed by atoms with Crippen LogP contribution in [0.25, 0.3) is 0 Å². The number of rotatable bonds is 14. The number of aliphatic carboxylic acids is 2. The van der Waals surface area contributed by atoms with Gasteiger partial charge in [-0.05, 0) is 25.7 Å². The van der Waals surface area contributed by atoms with Crippen LogP contribution in [0.3, 0.4) is 0 Å². The summed E-state index contributed by atoms with van der Waals surface area (Å²) in [6.07, 6.45) is 3.39. The topological polar surface area (TPSA) is 133 Å². The average molecular weight is 480 g/mol. The Bertz CT molecular complexity index is 462. The van der Waals surface area contributed by atoms with Crippen molar-refractivity contribution in [3.05, 3.63) is 0 Å². The first kappa shape index (κ1) is 34.5. The first-order valence-corrected chi connectivity index (χ1v) is 12.2. The maximum Gasteiger partial charge on any atom is 0.141 e. The summed E-state index contributed by atoms with van der Waals surface area (Å²) in [5.74, 6) is -4.70. The second kappa shape index (κ2) is 22.1. The molecule has 180 valence electrons. The Hall–Kier alpha value is -1.09. The van der Waals surface area contributed by atoms with E-state index in [1.54, 1.807) is 13.8 Å². The predicted molar refractivity (Wildman–Crippen MR) is 110 cm³/mol. The average Bonchev–Trinajstić information content (AvgIpc) is 2.63. The first-order chi connectivity index (χ1) is 14.4. The summed E-state index contributed by atoms with van der Waals surface area (Å²) in [6.45, 7) is 15.1. The van der Waals surface area contributed by atoms with Crippen molar-refractivity contribution >= 4 is 23.5 Å². The largest absolute Gasteiger partial charge is 0.549 e. The molecule has 0 heterocycles. The summed E-state index contributed by atoms with van der Waals surface area (Å²) in [6, 6.07) is 0. The number of carboxylic acid groups (broad SMARTS) is 2. The Morgan fingerprint density at radius 1 is 0.677 bits per heavy atom. The van der Waals surface area contributed by atoms with Crippen molar-refractivity contribution in [3.63, 3.8) is 0 Å². The molecule has 0 N–H and O–H groups in total. The van der Waals surface area contributed by atoms with Gasteiger partial charge in [0.1, 0.15) is 11.6 Å². The maximum atomic E-state index is 11.0. The zero-order valence-corrected chi connectivity index (χ0v) is 21.9. The third-order valence-electron chi connectivity index (χ3n) is 3.72. The molecule has 0 rings (SSSR count). The van der Waals surface area contributed by atoms with Gasteiger partial charge in [-0.2, -0.15) is 0 Å². The Labute approximate surface area is 197 Å². The molecule has 0 aliphatic heterocycles. The molecule has 0 amide bonds. The van der Waals surface area contributed by atoms with E-state index in [0.29, 0.717) is 50.7 Å². The molecule has 0 spiro atoms. The summed E-state index contributed by atoms with van der Waals surface area (Å²) >= 11 is -0.574. The van der Waals surface area contributed by atoms with E-state index < -0.39 is 43.7 Å². The molecule has 31 heavy (non-hydrogen) atoms. The van der Waals surface area contributed by atoms with E-state index in [4.69, 9.17) is 6.64 Å². The molecule has 0 fully saturated rings. The van der Waals surface area contributed by atoms with E-state index >= 15 is 0 Å². The molecule has 0 aromatic heterocycles. The number of ketones is 2. The minimum Gasteiger partial charge on any atom is -0.549 e. The fourth-order valence-corrected chi connectivity index (χ4v) is 2.80. The van der Waals surface area contributed by atoms with Crippen molar-refractivity contribution in [2.24, 2.45) is 11.8 Å². The van der Waals surface area contributed by atoms with Crippen molar-refractivity contribution < 1.29 is 56.0 Å². The van der Waals surface area contributed by atoms with E-state index in [1.807, 2.05) is 41.5 Å². The summed E-state index contributed by atoms with van der Waals surface area (Å²) in [7, 11) is 0. The normalized spacial score (nSPS) is 11.9. The molecule has 0 saturated heterocycles. The van der Waals surface area contributed by atoms with E-state index in [-0.39, 0.29) is 11.6 Å². The van der Waals surface area contributed by atoms with Gasteiger partial charge in [-0.15, -0.1) is 0 Å². The maximum absolute atomic E-state index is 11.0. The molecule has 2 unspecified atom stereocenters. The number of Topliss-reactive ketones (excluding diaryl/α,β-unsaturated/α-hetero) is 2. The summed E-state index contributed by atoms with van der Waals surface area (Å²) < 4.78 is 10.5. The fraction of sp³-hybridized carbons (Fsp3) is 0.818. The summed E-state index contributed by atoms with van der Waals surface area (Å²) in [5.41, 5.74) is 0. The molecule has 0 aromatic carbocycles. The molecule has 2 atom stereocenters. The molecule has 0 radical (unpaired) electrons. The molecule has 0 saturated carbocycles.